The SMILES string of the molecule is OC1(C2CCCCC2)CCCNCC1. The highest BCUT2D eigenvalue weighted by atomic mass is 16.3. The van der Waals surface area contributed by atoms with Crippen LogP contribution < -0.4 is 5.32 Å². The van der Waals surface area contributed by atoms with Crippen molar-refractivity contribution in [3.8, 4) is 0 Å². The van der Waals surface area contributed by atoms with E-state index in [-0.39, 0.29) is 5.60 Å². The Labute approximate surface area is 87.1 Å². The Morgan fingerprint density at radius 2 is 1.71 bits per heavy atom. The molecule has 1 aliphatic carbocycles. The molecule has 1 atom stereocenters. The summed E-state index contributed by atoms with van der Waals surface area (Å²) in [4.78, 5) is 0. The van der Waals surface area contributed by atoms with Crippen molar-refractivity contribution in [1.82, 2.24) is 5.32 Å². The highest BCUT2D eigenvalue weighted by molar-refractivity contribution is 4.90. The van der Waals surface area contributed by atoms with Crippen LogP contribution in [0.2, 0.25) is 0 Å². The first-order valence-electron chi connectivity index (χ1n) is 6.24. The maximum Gasteiger partial charge on any atom is 0.0688 e. The summed E-state index contributed by atoms with van der Waals surface area (Å²) in [6, 6.07) is 0. The average Bonchev–Trinajstić information content (AvgIpc) is 2.46. The summed E-state index contributed by atoms with van der Waals surface area (Å²) >= 11 is 0. The second-order valence-electron chi connectivity index (χ2n) is 5.04. The van der Waals surface area contributed by atoms with Crippen molar-refractivity contribution in [3.63, 3.8) is 0 Å². The second kappa shape index (κ2) is 4.63. The molecule has 0 spiro atoms. The van der Waals surface area contributed by atoms with Gasteiger partial charge in [0, 0.05) is 0 Å². The van der Waals surface area contributed by atoms with Gasteiger partial charge in [-0.15, -0.1) is 0 Å². The maximum atomic E-state index is 10.6. The minimum Gasteiger partial charge on any atom is -0.390 e. The zero-order chi connectivity index (χ0) is 9.86. The molecule has 0 aromatic carbocycles. The zero-order valence-electron chi connectivity index (χ0n) is 9.10. The van der Waals surface area contributed by atoms with E-state index >= 15 is 0 Å². The van der Waals surface area contributed by atoms with Crippen LogP contribution in [0.5, 0.6) is 0 Å². The molecule has 82 valence electrons. The molecular formula is C12H23NO. The van der Waals surface area contributed by atoms with Crippen molar-refractivity contribution < 1.29 is 5.11 Å². The van der Waals surface area contributed by atoms with E-state index in [0.29, 0.717) is 5.92 Å². The predicted molar refractivity (Wildman–Crippen MR) is 58.2 cm³/mol. The summed E-state index contributed by atoms with van der Waals surface area (Å²) in [7, 11) is 0. The van der Waals surface area contributed by atoms with Crippen LogP contribution in [0.3, 0.4) is 0 Å². The maximum absolute atomic E-state index is 10.6. The van der Waals surface area contributed by atoms with Crippen LogP contribution in [0.15, 0.2) is 0 Å². The Balaban J connectivity index is 1.96. The van der Waals surface area contributed by atoms with E-state index in [1.54, 1.807) is 0 Å². The molecule has 1 heterocycles. The van der Waals surface area contributed by atoms with Crippen molar-refractivity contribution >= 4 is 0 Å². The van der Waals surface area contributed by atoms with Crippen LogP contribution in [0, 0.1) is 5.92 Å². The predicted octanol–water partition coefficient (Wildman–Crippen LogP) is 2.07. The Bertz CT molecular complexity index is 167. The molecule has 2 rings (SSSR count). The lowest BCUT2D eigenvalue weighted by molar-refractivity contribution is -0.0426. The number of aliphatic hydroxyl groups is 1. The molecule has 14 heavy (non-hydrogen) atoms. The highest BCUT2D eigenvalue weighted by Crippen LogP contribution is 2.37. The van der Waals surface area contributed by atoms with E-state index in [1.165, 1.54) is 32.1 Å². The molecule has 0 amide bonds. The molecule has 2 heteroatoms. The van der Waals surface area contributed by atoms with Crippen LogP contribution in [-0.2, 0) is 0 Å². The normalized spacial score (nSPS) is 36.6. The van der Waals surface area contributed by atoms with Gasteiger partial charge in [0.15, 0.2) is 0 Å². The van der Waals surface area contributed by atoms with Crippen molar-refractivity contribution in [1.29, 1.82) is 0 Å². The fraction of sp³-hybridized carbons (Fsp3) is 1.00. The largest absolute Gasteiger partial charge is 0.390 e. The third kappa shape index (κ3) is 2.29. The van der Waals surface area contributed by atoms with Gasteiger partial charge in [-0.2, -0.15) is 0 Å². The Hall–Kier alpha value is -0.0800. The standard InChI is InChI=1S/C12H23NO/c14-12(7-4-9-13-10-8-12)11-5-2-1-3-6-11/h11,13-14H,1-10H2. The van der Waals surface area contributed by atoms with Gasteiger partial charge in [-0.1, -0.05) is 19.3 Å². The van der Waals surface area contributed by atoms with Gasteiger partial charge in [0.25, 0.3) is 0 Å². The fourth-order valence-corrected chi connectivity index (χ4v) is 3.12. The molecule has 0 radical (unpaired) electrons. The lowest BCUT2D eigenvalue weighted by Gasteiger charge is -2.37. The summed E-state index contributed by atoms with van der Waals surface area (Å²) in [5.74, 6) is 0.594. The van der Waals surface area contributed by atoms with E-state index in [4.69, 9.17) is 0 Å². The van der Waals surface area contributed by atoms with Gasteiger partial charge in [-0.05, 0) is 51.1 Å². The summed E-state index contributed by atoms with van der Waals surface area (Å²) in [6.45, 7) is 2.10. The number of hydrogen-bond acceptors (Lipinski definition) is 2. The van der Waals surface area contributed by atoms with E-state index < -0.39 is 0 Å². The first-order valence-corrected chi connectivity index (χ1v) is 6.24. The third-order valence-electron chi connectivity index (χ3n) is 4.06. The van der Waals surface area contributed by atoms with E-state index in [2.05, 4.69) is 5.32 Å². The molecule has 0 aromatic rings. The van der Waals surface area contributed by atoms with Gasteiger partial charge >= 0.3 is 0 Å². The van der Waals surface area contributed by atoms with Crippen molar-refractivity contribution in [2.24, 2.45) is 5.92 Å². The van der Waals surface area contributed by atoms with Gasteiger partial charge in [-0.3, -0.25) is 0 Å². The molecule has 2 N–H and O–H groups in total. The molecule has 1 aliphatic heterocycles. The van der Waals surface area contributed by atoms with Crippen LogP contribution in [-0.4, -0.2) is 23.8 Å². The topological polar surface area (TPSA) is 32.3 Å². The first kappa shape index (κ1) is 10.4. The smallest absolute Gasteiger partial charge is 0.0688 e. The summed E-state index contributed by atoms with van der Waals surface area (Å²) in [6.07, 6.45) is 9.70. The lowest BCUT2D eigenvalue weighted by Crippen LogP contribution is -2.39. The van der Waals surface area contributed by atoms with Gasteiger partial charge in [0.05, 0.1) is 5.60 Å². The summed E-state index contributed by atoms with van der Waals surface area (Å²) < 4.78 is 0. The average molecular weight is 197 g/mol. The molecule has 1 saturated carbocycles. The zero-order valence-corrected chi connectivity index (χ0v) is 9.10. The molecule has 0 bridgehead atoms. The molecular weight excluding hydrogens is 174 g/mol. The first-order chi connectivity index (χ1) is 6.81. The van der Waals surface area contributed by atoms with Crippen LogP contribution in [0.1, 0.15) is 51.4 Å². The molecule has 2 aliphatic rings. The Morgan fingerprint density at radius 1 is 0.929 bits per heavy atom. The number of hydrogen-bond donors (Lipinski definition) is 2. The summed E-state index contributed by atoms with van der Waals surface area (Å²) in [5, 5.41) is 14.0. The fourth-order valence-electron chi connectivity index (χ4n) is 3.12. The molecule has 2 nitrogen and oxygen atoms in total. The van der Waals surface area contributed by atoms with Crippen LogP contribution in [0.4, 0.5) is 0 Å². The van der Waals surface area contributed by atoms with Crippen molar-refractivity contribution in [2.75, 3.05) is 13.1 Å². The molecule has 1 saturated heterocycles. The monoisotopic (exact) mass is 197 g/mol. The van der Waals surface area contributed by atoms with E-state index in [9.17, 15) is 5.11 Å². The van der Waals surface area contributed by atoms with Crippen LogP contribution in [0.25, 0.3) is 0 Å². The lowest BCUT2D eigenvalue weighted by atomic mass is 9.73. The second-order valence-corrected chi connectivity index (χ2v) is 5.04. The minimum atomic E-state index is -0.329. The van der Waals surface area contributed by atoms with Gasteiger partial charge in [-0.25, -0.2) is 0 Å². The van der Waals surface area contributed by atoms with Gasteiger partial charge in [0.1, 0.15) is 0 Å². The molecule has 1 unspecified atom stereocenters. The number of nitrogens with one attached hydrogen (secondary N) is 1. The highest BCUT2D eigenvalue weighted by Gasteiger charge is 2.36. The van der Waals surface area contributed by atoms with E-state index in [1.807, 2.05) is 0 Å². The van der Waals surface area contributed by atoms with Crippen LogP contribution >= 0.6 is 0 Å². The quantitative estimate of drug-likeness (QED) is 0.674. The Morgan fingerprint density at radius 3 is 2.50 bits per heavy atom. The van der Waals surface area contributed by atoms with Gasteiger partial charge < -0.3 is 10.4 Å². The molecule has 0 aromatic heterocycles. The Kier molecular flexibility index (Phi) is 3.45. The number of rotatable bonds is 1. The summed E-state index contributed by atoms with van der Waals surface area (Å²) in [5.41, 5.74) is -0.329. The van der Waals surface area contributed by atoms with Gasteiger partial charge in [0.2, 0.25) is 0 Å². The molecule has 2 fully saturated rings. The third-order valence-corrected chi connectivity index (χ3v) is 4.06. The van der Waals surface area contributed by atoms with E-state index in [0.717, 1.165) is 32.4 Å². The van der Waals surface area contributed by atoms with Crippen molar-refractivity contribution in [3.05, 3.63) is 0 Å². The van der Waals surface area contributed by atoms with Crippen molar-refractivity contribution in [2.45, 2.75) is 57.0 Å². The minimum absolute atomic E-state index is 0.329.